The van der Waals surface area contributed by atoms with E-state index in [0.29, 0.717) is 12.8 Å². The highest BCUT2D eigenvalue weighted by molar-refractivity contribution is 6.18. The van der Waals surface area contributed by atoms with Crippen LogP contribution in [0, 0.1) is 5.41 Å². The summed E-state index contributed by atoms with van der Waals surface area (Å²) in [6.45, 7) is 8.12. The third kappa shape index (κ3) is 2.41. The Kier molecular flexibility index (Phi) is 3.80. The number of fused-ring (bicyclic) bond motifs is 1. The molecule has 0 aromatic heterocycles. The molecule has 0 aromatic rings. The van der Waals surface area contributed by atoms with Crippen molar-refractivity contribution >= 4 is 11.8 Å². The largest absolute Gasteiger partial charge is 0.478 e. The third-order valence-corrected chi connectivity index (χ3v) is 4.59. The van der Waals surface area contributed by atoms with Crippen molar-refractivity contribution in [1.82, 2.24) is 0 Å². The number of hydrogen-bond donors (Lipinski definition) is 1. The van der Waals surface area contributed by atoms with Gasteiger partial charge in [0.15, 0.2) is 5.78 Å². The Morgan fingerprint density at radius 2 is 2.05 bits per heavy atom. The molecule has 0 aliphatic heterocycles. The predicted octanol–water partition coefficient (Wildman–Crippen LogP) is 3.10. The van der Waals surface area contributed by atoms with Gasteiger partial charge in [0, 0.05) is 11.8 Å². The molecule has 2 atom stereocenters. The van der Waals surface area contributed by atoms with Crippen molar-refractivity contribution < 1.29 is 19.4 Å². The zero-order chi connectivity index (χ0) is 15.1. The topological polar surface area (TPSA) is 63.6 Å². The average molecular weight is 280 g/mol. The van der Waals surface area contributed by atoms with Crippen LogP contribution in [0.3, 0.4) is 0 Å². The Morgan fingerprint density at radius 1 is 1.40 bits per heavy atom. The first-order valence-corrected chi connectivity index (χ1v) is 7.39. The van der Waals surface area contributed by atoms with E-state index in [1.165, 1.54) is 0 Å². The molecule has 0 radical (unpaired) electrons. The molecule has 1 N–H and O–H groups in total. The second kappa shape index (κ2) is 4.99. The highest BCUT2D eigenvalue weighted by Gasteiger charge is 2.52. The van der Waals surface area contributed by atoms with Crippen molar-refractivity contribution in [2.45, 2.75) is 71.5 Å². The number of aliphatic carboxylic acids is 1. The van der Waals surface area contributed by atoms with E-state index in [-0.39, 0.29) is 28.5 Å². The summed E-state index contributed by atoms with van der Waals surface area (Å²) in [5.41, 5.74) is 0.360. The normalized spacial score (nSPS) is 30.6. The van der Waals surface area contributed by atoms with Crippen LogP contribution in [0.4, 0.5) is 0 Å². The molecule has 0 unspecified atom stereocenters. The minimum atomic E-state index is -1.07. The summed E-state index contributed by atoms with van der Waals surface area (Å²) >= 11 is 0. The summed E-state index contributed by atoms with van der Waals surface area (Å²) in [6, 6.07) is 0. The number of hydrogen-bond acceptors (Lipinski definition) is 3. The van der Waals surface area contributed by atoms with Crippen molar-refractivity contribution in [3.05, 3.63) is 11.1 Å². The third-order valence-electron chi connectivity index (χ3n) is 4.59. The summed E-state index contributed by atoms with van der Waals surface area (Å²) in [6.07, 6.45) is 3.36. The number of carboxylic acids is 1. The van der Waals surface area contributed by atoms with Gasteiger partial charge in [0.05, 0.1) is 11.7 Å². The monoisotopic (exact) mass is 280 g/mol. The van der Waals surface area contributed by atoms with E-state index in [2.05, 4.69) is 6.92 Å². The summed E-state index contributed by atoms with van der Waals surface area (Å²) in [7, 11) is 0. The van der Waals surface area contributed by atoms with Crippen LogP contribution in [0.15, 0.2) is 11.1 Å². The number of Topliss-reactive ketones (excluding diaryl/α,β-unsaturated/α-hetero) is 1. The Morgan fingerprint density at radius 3 is 2.55 bits per heavy atom. The molecule has 112 valence electrons. The molecule has 1 saturated carbocycles. The molecule has 4 heteroatoms. The fourth-order valence-electron chi connectivity index (χ4n) is 3.78. The average Bonchev–Trinajstić information content (AvgIpc) is 2.66. The van der Waals surface area contributed by atoms with Crippen molar-refractivity contribution in [1.29, 1.82) is 0 Å². The van der Waals surface area contributed by atoms with E-state index in [1.54, 1.807) is 0 Å². The Labute approximate surface area is 120 Å². The molecule has 1 fully saturated rings. The lowest BCUT2D eigenvalue weighted by atomic mass is 9.68. The molecule has 0 saturated heterocycles. The molecule has 2 aliphatic rings. The Bertz CT molecular complexity index is 469. The summed E-state index contributed by atoms with van der Waals surface area (Å²) in [4.78, 5) is 23.4. The van der Waals surface area contributed by atoms with E-state index in [9.17, 15) is 14.7 Å². The zero-order valence-electron chi connectivity index (χ0n) is 12.8. The molecule has 2 aliphatic carbocycles. The lowest BCUT2D eigenvalue weighted by Gasteiger charge is -2.41. The lowest BCUT2D eigenvalue weighted by Crippen LogP contribution is -2.41. The molecule has 2 rings (SSSR count). The van der Waals surface area contributed by atoms with Crippen LogP contribution < -0.4 is 0 Å². The van der Waals surface area contributed by atoms with Gasteiger partial charge in [-0.25, -0.2) is 4.79 Å². The molecule has 0 heterocycles. The molecule has 0 bridgehead atoms. The first-order chi connectivity index (χ1) is 9.21. The number of rotatable bonds is 3. The van der Waals surface area contributed by atoms with Gasteiger partial charge in [-0.1, -0.05) is 6.92 Å². The minimum Gasteiger partial charge on any atom is -0.478 e. The predicted molar refractivity (Wildman–Crippen MR) is 75.5 cm³/mol. The van der Waals surface area contributed by atoms with Gasteiger partial charge in [0.2, 0.25) is 0 Å². The van der Waals surface area contributed by atoms with Gasteiger partial charge < -0.3 is 9.84 Å². The maximum Gasteiger partial charge on any atom is 0.339 e. The molecule has 0 spiro atoms. The first kappa shape index (κ1) is 15.2. The van der Waals surface area contributed by atoms with Crippen LogP contribution in [-0.4, -0.2) is 28.6 Å². The summed E-state index contributed by atoms with van der Waals surface area (Å²) in [5.74, 6) is -1.29. The fourth-order valence-corrected chi connectivity index (χ4v) is 3.78. The molecule has 4 nitrogen and oxygen atoms in total. The maximum atomic E-state index is 11.9. The number of carbonyl (C=O) groups excluding carboxylic acids is 1. The smallest absolute Gasteiger partial charge is 0.339 e. The Balaban J connectivity index is 2.46. The van der Waals surface area contributed by atoms with Crippen LogP contribution in [0.2, 0.25) is 0 Å². The Hall–Kier alpha value is -1.16. The number of ether oxygens (including phenoxy) is 1. The summed E-state index contributed by atoms with van der Waals surface area (Å²) in [5, 5.41) is 9.37. The maximum absolute atomic E-state index is 11.9. The lowest BCUT2D eigenvalue weighted by molar-refractivity contribution is -0.136. The number of ketones is 1. The van der Waals surface area contributed by atoms with Gasteiger partial charge in [-0.15, -0.1) is 0 Å². The van der Waals surface area contributed by atoms with Crippen LogP contribution in [0.1, 0.15) is 59.8 Å². The van der Waals surface area contributed by atoms with Crippen LogP contribution in [-0.2, 0) is 14.3 Å². The summed E-state index contributed by atoms with van der Waals surface area (Å²) < 4.78 is 6.19. The van der Waals surface area contributed by atoms with Gasteiger partial charge >= 0.3 is 5.97 Å². The number of carbonyl (C=O) groups is 2. The molecule has 0 aromatic carbocycles. The van der Waals surface area contributed by atoms with E-state index >= 15 is 0 Å². The zero-order valence-corrected chi connectivity index (χ0v) is 12.8. The second-order valence-corrected chi connectivity index (χ2v) is 6.85. The highest BCUT2D eigenvalue weighted by atomic mass is 16.5. The first-order valence-electron chi connectivity index (χ1n) is 7.39. The van der Waals surface area contributed by atoms with E-state index in [4.69, 9.17) is 4.74 Å². The van der Waals surface area contributed by atoms with E-state index in [0.717, 1.165) is 24.8 Å². The van der Waals surface area contributed by atoms with Crippen molar-refractivity contribution in [2.75, 3.05) is 0 Å². The highest BCUT2D eigenvalue weighted by Crippen LogP contribution is 2.55. The fraction of sp³-hybridized carbons (Fsp3) is 0.750. The van der Waals surface area contributed by atoms with Gasteiger partial charge in [-0.2, -0.15) is 0 Å². The SMILES string of the molecule is CC[C@@]12CCC(=O)C(C(=O)O)=C1CC[C@H]2OC(C)(C)C. The molecular formula is C16H24O4. The van der Waals surface area contributed by atoms with Gasteiger partial charge in [0.1, 0.15) is 5.57 Å². The van der Waals surface area contributed by atoms with Crippen LogP contribution in [0.25, 0.3) is 0 Å². The molecule has 0 amide bonds. The molecule has 20 heavy (non-hydrogen) atoms. The number of carboxylic acid groups (broad SMARTS) is 1. The van der Waals surface area contributed by atoms with Crippen molar-refractivity contribution in [3.63, 3.8) is 0 Å². The van der Waals surface area contributed by atoms with E-state index in [1.807, 2.05) is 20.8 Å². The van der Waals surface area contributed by atoms with Gasteiger partial charge in [-0.05, 0) is 52.0 Å². The van der Waals surface area contributed by atoms with Crippen molar-refractivity contribution in [3.8, 4) is 0 Å². The quantitative estimate of drug-likeness (QED) is 0.807. The van der Waals surface area contributed by atoms with Crippen LogP contribution >= 0.6 is 0 Å². The molecular weight excluding hydrogens is 256 g/mol. The van der Waals surface area contributed by atoms with Gasteiger partial charge in [-0.3, -0.25) is 4.79 Å². The van der Waals surface area contributed by atoms with Crippen molar-refractivity contribution in [2.24, 2.45) is 5.41 Å². The second-order valence-electron chi connectivity index (χ2n) is 6.85. The minimum absolute atomic E-state index is 0.0185. The standard InChI is InChI=1S/C16H24O4/c1-5-16-9-8-11(17)13(14(18)19)10(16)6-7-12(16)20-15(2,3)4/h12H,5-9H2,1-4H3,(H,18,19)/t12-,16-/m1/s1. The van der Waals surface area contributed by atoms with Gasteiger partial charge in [0.25, 0.3) is 0 Å². The van der Waals surface area contributed by atoms with E-state index < -0.39 is 5.97 Å². The van der Waals surface area contributed by atoms with Crippen LogP contribution in [0.5, 0.6) is 0 Å².